The van der Waals surface area contributed by atoms with Gasteiger partial charge in [0.05, 0.1) is 26.9 Å². The van der Waals surface area contributed by atoms with Gasteiger partial charge in [-0.15, -0.1) is 24.0 Å². The average molecular weight is 513 g/mol. The number of hydrogen-bond acceptors (Lipinski definition) is 5. The summed E-state index contributed by atoms with van der Waals surface area (Å²) in [5, 5.41) is 6.58. The minimum atomic E-state index is 0. The number of hydrogen-bond donors (Lipinski definition) is 2. The second-order valence-corrected chi connectivity index (χ2v) is 6.18. The van der Waals surface area contributed by atoms with Gasteiger partial charge in [-0.3, -0.25) is 4.99 Å². The zero-order valence-corrected chi connectivity index (χ0v) is 19.3. The molecule has 2 N–H and O–H groups in total. The van der Waals surface area contributed by atoms with E-state index in [9.17, 15) is 0 Å². The first kappa shape index (κ1) is 22.9. The Kier molecular flexibility index (Phi) is 9.17. The van der Waals surface area contributed by atoms with E-state index >= 15 is 0 Å². The SMILES string of the molecule is CCOc1cc(CNC(=NC)Nc2ccc3c(c2)OCCCO3)ccc1OC.I. The lowest BCUT2D eigenvalue weighted by molar-refractivity contribution is 0.297. The van der Waals surface area contributed by atoms with Crippen LogP contribution in [0, 0.1) is 0 Å². The number of methoxy groups -OCH3 is 1. The van der Waals surface area contributed by atoms with Crippen molar-refractivity contribution in [1.29, 1.82) is 0 Å². The normalized spacial score (nSPS) is 13.0. The molecule has 2 aromatic carbocycles. The number of anilines is 1. The van der Waals surface area contributed by atoms with Crippen LogP contribution in [-0.2, 0) is 6.54 Å². The molecule has 0 fully saturated rings. The molecule has 0 saturated carbocycles. The summed E-state index contributed by atoms with van der Waals surface area (Å²) >= 11 is 0. The summed E-state index contributed by atoms with van der Waals surface area (Å²) in [6.07, 6.45) is 0.881. The van der Waals surface area contributed by atoms with Crippen LogP contribution in [0.1, 0.15) is 18.9 Å². The van der Waals surface area contributed by atoms with Gasteiger partial charge in [-0.1, -0.05) is 6.07 Å². The molecule has 3 rings (SSSR count). The summed E-state index contributed by atoms with van der Waals surface area (Å²) in [5.41, 5.74) is 1.94. The Labute approximate surface area is 188 Å². The third-order valence-corrected chi connectivity index (χ3v) is 4.22. The second kappa shape index (κ2) is 11.6. The maximum atomic E-state index is 5.74. The van der Waals surface area contributed by atoms with Crippen molar-refractivity contribution in [3.63, 3.8) is 0 Å². The summed E-state index contributed by atoms with van der Waals surface area (Å²) < 4.78 is 22.4. The highest BCUT2D eigenvalue weighted by Crippen LogP contribution is 2.32. The highest BCUT2D eigenvalue weighted by atomic mass is 127. The van der Waals surface area contributed by atoms with Crippen LogP contribution in [0.4, 0.5) is 5.69 Å². The van der Waals surface area contributed by atoms with Crippen molar-refractivity contribution in [3.05, 3.63) is 42.0 Å². The van der Waals surface area contributed by atoms with Crippen molar-refractivity contribution in [1.82, 2.24) is 5.32 Å². The molecule has 0 amide bonds. The first-order chi connectivity index (χ1) is 13.7. The third-order valence-electron chi connectivity index (χ3n) is 4.22. The first-order valence-electron chi connectivity index (χ1n) is 9.40. The van der Waals surface area contributed by atoms with E-state index in [0.717, 1.165) is 40.7 Å². The van der Waals surface area contributed by atoms with Crippen LogP contribution in [0.2, 0.25) is 0 Å². The fraction of sp³-hybridized carbons (Fsp3) is 0.381. The molecule has 0 bridgehead atoms. The van der Waals surface area contributed by atoms with Crippen LogP contribution in [0.5, 0.6) is 23.0 Å². The largest absolute Gasteiger partial charge is 0.493 e. The predicted octanol–water partition coefficient (Wildman–Crippen LogP) is 4.06. The van der Waals surface area contributed by atoms with Crippen molar-refractivity contribution in [2.45, 2.75) is 19.9 Å². The van der Waals surface area contributed by atoms with Gasteiger partial charge in [0.1, 0.15) is 0 Å². The van der Waals surface area contributed by atoms with Crippen molar-refractivity contribution in [3.8, 4) is 23.0 Å². The number of benzene rings is 2. The van der Waals surface area contributed by atoms with Gasteiger partial charge in [-0.05, 0) is 36.8 Å². The van der Waals surface area contributed by atoms with Crippen LogP contribution in [-0.4, -0.2) is 39.9 Å². The number of halogens is 1. The standard InChI is InChI=1S/C21H27N3O4.HI/c1-4-26-19-12-15(6-8-17(19)25-3)14-23-21(22-2)24-16-7-9-18-20(13-16)28-11-5-10-27-18;/h6-9,12-13H,4-5,10-11,14H2,1-3H3,(H2,22,23,24);1H. The Morgan fingerprint density at radius 3 is 2.59 bits per heavy atom. The maximum Gasteiger partial charge on any atom is 0.195 e. The molecule has 1 aliphatic rings. The molecule has 0 spiro atoms. The Morgan fingerprint density at radius 1 is 1.07 bits per heavy atom. The quantitative estimate of drug-likeness (QED) is 0.345. The highest BCUT2D eigenvalue weighted by molar-refractivity contribution is 14.0. The maximum absolute atomic E-state index is 5.74. The van der Waals surface area contributed by atoms with Gasteiger partial charge in [-0.2, -0.15) is 0 Å². The Hall–Kier alpha value is -2.36. The number of aliphatic imine (C=N–C) groups is 1. The topological polar surface area (TPSA) is 73.3 Å². The Morgan fingerprint density at radius 2 is 1.86 bits per heavy atom. The van der Waals surface area contributed by atoms with Gasteiger partial charge in [0.25, 0.3) is 0 Å². The summed E-state index contributed by atoms with van der Waals surface area (Å²) in [4.78, 5) is 4.29. The minimum Gasteiger partial charge on any atom is -0.493 e. The van der Waals surface area contributed by atoms with E-state index in [1.54, 1.807) is 14.2 Å². The van der Waals surface area contributed by atoms with Gasteiger partial charge in [0.15, 0.2) is 29.0 Å². The summed E-state index contributed by atoms with van der Waals surface area (Å²) in [6, 6.07) is 11.6. The molecule has 7 nitrogen and oxygen atoms in total. The van der Waals surface area contributed by atoms with Crippen molar-refractivity contribution >= 4 is 35.6 Å². The van der Waals surface area contributed by atoms with Gasteiger partial charge in [-0.25, -0.2) is 0 Å². The van der Waals surface area contributed by atoms with E-state index in [1.165, 1.54) is 0 Å². The zero-order chi connectivity index (χ0) is 19.8. The number of ether oxygens (including phenoxy) is 4. The van der Waals surface area contributed by atoms with Crippen LogP contribution in [0.3, 0.4) is 0 Å². The molecule has 1 heterocycles. The molecule has 0 atom stereocenters. The Balaban J connectivity index is 0.00000300. The second-order valence-electron chi connectivity index (χ2n) is 6.18. The van der Waals surface area contributed by atoms with Gasteiger partial charge < -0.3 is 29.6 Å². The van der Waals surface area contributed by atoms with E-state index in [1.807, 2.05) is 43.3 Å². The van der Waals surface area contributed by atoms with Crippen molar-refractivity contribution in [2.24, 2.45) is 4.99 Å². The van der Waals surface area contributed by atoms with Crippen LogP contribution < -0.4 is 29.6 Å². The summed E-state index contributed by atoms with van der Waals surface area (Å²) in [6.45, 7) is 4.46. The molecule has 158 valence electrons. The van der Waals surface area contributed by atoms with Crippen LogP contribution in [0.15, 0.2) is 41.4 Å². The average Bonchev–Trinajstić information content (AvgIpc) is 2.96. The van der Waals surface area contributed by atoms with E-state index in [4.69, 9.17) is 18.9 Å². The zero-order valence-electron chi connectivity index (χ0n) is 17.0. The lowest BCUT2D eigenvalue weighted by Gasteiger charge is -2.15. The summed E-state index contributed by atoms with van der Waals surface area (Å²) in [7, 11) is 3.37. The molecule has 29 heavy (non-hydrogen) atoms. The van der Waals surface area contributed by atoms with Gasteiger partial charge >= 0.3 is 0 Å². The molecule has 0 unspecified atom stereocenters. The lowest BCUT2D eigenvalue weighted by atomic mass is 10.2. The summed E-state index contributed by atoms with van der Waals surface area (Å²) in [5.74, 6) is 3.63. The number of guanidine groups is 1. The molecule has 0 aliphatic carbocycles. The molecule has 8 heteroatoms. The molecule has 0 aromatic heterocycles. The number of fused-ring (bicyclic) bond motifs is 1. The number of nitrogens with zero attached hydrogens (tertiary/aromatic N) is 1. The van der Waals surface area contributed by atoms with Gasteiger partial charge in [0.2, 0.25) is 0 Å². The first-order valence-corrected chi connectivity index (χ1v) is 9.40. The monoisotopic (exact) mass is 513 g/mol. The molecule has 0 radical (unpaired) electrons. The van der Waals surface area contributed by atoms with E-state index in [0.29, 0.717) is 32.3 Å². The predicted molar refractivity (Wildman–Crippen MR) is 125 cm³/mol. The fourth-order valence-corrected chi connectivity index (χ4v) is 2.84. The minimum absolute atomic E-state index is 0. The highest BCUT2D eigenvalue weighted by Gasteiger charge is 2.11. The molecule has 2 aromatic rings. The van der Waals surface area contributed by atoms with Crippen molar-refractivity contribution < 1.29 is 18.9 Å². The fourth-order valence-electron chi connectivity index (χ4n) is 2.84. The molecule has 1 aliphatic heterocycles. The smallest absolute Gasteiger partial charge is 0.195 e. The third kappa shape index (κ3) is 6.31. The van der Waals surface area contributed by atoms with Crippen LogP contribution >= 0.6 is 24.0 Å². The number of nitrogens with one attached hydrogen (secondary N) is 2. The van der Waals surface area contributed by atoms with E-state index < -0.39 is 0 Å². The van der Waals surface area contributed by atoms with E-state index in [2.05, 4.69) is 15.6 Å². The molecular weight excluding hydrogens is 485 g/mol. The van der Waals surface area contributed by atoms with Crippen LogP contribution in [0.25, 0.3) is 0 Å². The number of rotatable bonds is 6. The van der Waals surface area contributed by atoms with E-state index in [-0.39, 0.29) is 24.0 Å². The molecule has 0 saturated heterocycles. The lowest BCUT2D eigenvalue weighted by Crippen LogP contribution is -2.30. The molecular formula is C21H28IN3O4. The van der Waals surface area contributed by atoms with Crippen molar-refractivity contribution in [2.75, 3.05) is 39.3 Å². The van der Waals surface area contributed by atoms with Gasteiger partial charge in [0, 0.05) is 31.8 Å². The Bertz CT molecular complexity index is 830.